The molecule has 0 saturated heterocycles. The van der Waals surface area contributed by atoms with Gasteiger partial charge in [-0.2, -0.15) is 0 Å². The van der Waals surface area contributed by atoms with E-state index < -0.39 is 5.41 Å². The predicted octanol–water partition coefficient (Wildman–Crippen LogP) is 4.46. The maximum atomic E-state index is 13.1. The second-order valence-electron chi connectivity index (χ2n) is 8.22. The molecule has 2 amide bonds. The quantitative estimate of drug-likeness (QED) is 0.792. The summed E-state index contributed by atoms with van der Waals surface area (Å²) in [7, 11) is 1.54. The van der Waals surface area contributed by atoms with Crippen LogP contribution >= 0.6 is 11.6 Å². The third-order valence-corrected chi connectivity index (χ3v) is 5.19. The van der Waals surface area contributed by atoms with Gasteiger partial charge in [0.05, 0.1) is 18.2 Å². The first kappa shape index (κ1) is 20.6. The van der Waals surface area contributed by atoms with Crippen molar-refractivity contribution in [2.45, 2.75) is 65.3 Å². The second kappa shape index (κ2) is 7.87. The zero-order chi connectivity index (χ0) is 19.5. The monoisotopic (exact) mass is 380 g/mol. The molecule has 0 aliphatic heterocycles. The third kappa shape index (κ3) is 4.91. The fraction of sp³-hybridized carbons (Fsp3) is 0.600. The number of anilines is 1. The molecular formula is C20H29ClN2O3. The molecule has 0 unspecified atom stereocenters. The van der Waals surface area contributed by atoms with Gasteiger partial charge in [-0.1, -0.05) is 24.4 Å². The molecule has 0 heterocycles. The van der Waals surface area contributed by atoms with Crippen LogP contribution in [-0.4, -0.2) is 24.5 Å². The highest BCUT2D eigenvalue weighted by molar-refractivity contribution is 6.31. The molecule has 0 spiro atoms. The first-order valence-corrected chi connectivity index (χ1v) is 9.41. The number of aryl methyl sites for hydroxylation is 1. The average molecular weight is 381 g/mol. The standard InChI is InChI=1S/C20H29ClN2O3/c1-13-10-15(16(26-5)11-14(13)21)22-18(25)20(8-6-7-9-20)12-17(24)23-19(2,3)4/h10-11H,6-9,12H2,1-5H3,(H,22,25)(H,23,24). The van der Waals surface area contributed by atoms with Crippen molar-refractivity contribution in [1.82, 2.24) is 5.32 Å². The molecule has 5 nitrogen and oxygen atoms in total. The molecule has 0 atom stereocenters. The largest absolute Gasteiger partial charge is 0.495 e. The Morgan fingerprint density at radius 3 is 2.38 bits per heavy atom. The van der Waals surface area contributed by atoms with E-state index in [2.05, 4.69) is 10.6 Å². The highest BCUT2D eigenvalue weighted by atomic mass is 35.5. The van der Waals surface area contributed by atoms with Crippen molar-refractivity contribution in [1.29, 1.82) is 0 Å². The molecule has 2 rings (SSSR count). The molecule has 0 radical (unpaired) electrons. The molecule has 1 aliphatic carbocycles. The smallest absolute Gasteiger partial charge is 0.231 e. The van der Waals surface area contributed by atoms with Crippen LogP contribution in [0.25, 0.3) is 0 Å². The molecule has 2 N–H and O–H groups in total. The minimum absolute atomic E-state index is 0.0891. The van der Waals surface area contributed by atoms with Crippen molar-refractivity contribution < 1.29 is 14.3 Å². The van der Waals surface area contributed by atoms with E-state index in [1.165, 1.54) is 0 Å². The number of ether oxygens (including phenoxy) is 1. The summed E-state index contributed by atoms with van der Waals surface area (Å²) in [6.45, 7) is 7.69. The number of carbonyl (C=O) groups excluding carboxylic acids is 2. The van der Waals surface area contributed by atoms with Crippen LogP contribution in [0.2, 0.25) is 5.02 Å². The number of halogens is 1. The van der Waals surface area contributed by atoms with Gasteiger partial charge in [0.1, 0.15) is 5.75 Å². The van der Waals surface area contributed by atoms with Crippen molar-refractivity contribution in [3.8, 4) is 5.75 Å². The fourth-order valence-corrected chi connectivity index (χ4v) is 3.64. The molecular weight excluding hydrogens is 352 g/mol. The van der Waals surface area contributed by atoms with E-state index in [9.17, 15) is 9.59 Å². The minimum Gasteiger partial charge on any atom is -0.495 e. The van der Waals surface area contributed by atoms with Crippen molar-refractivity contribution in [3.63, 3.8) is 0 Å². The summed E-state index contributed by atoms with van der Waals surface area (Å²) in [5, 5.41) is 6.53. The van der Waals surface area contributed by atoms with Crippen molar-refractivity contribution in [3.05, 3.63) is 22.7 Å². The zero-order valence-corrected chi connectivity index (χ0v) is 17.0. The third-order valence-electron chi connectivity index (χ3n) is 4.78. The second-order valence-corrected chi connectivity index (χ2v) is 8.63. The molecule has 0 bridgehead atoms. The van der Waals surface area contributed by atoms with Gasteiger partial charge in [0, 0.05) is 23.0 Å². The first-order chi connectivity index (χ1) is 12.1. The molecule has 6 heteroatoms. The number of benzene rings is 1. The van der Waals surface area contributed by atoms with E-state index in [-0.39, 0.29) is 23.8 Å². The van der Waals surface area contributed by atoms with Gasteiger partial charge in [0.2, 0.25) is 11.8 Å². The Kier molecular flexibility index (Phi) is 6.22. The summed E-state index contributed by atoms with van der Waals surface area (Å²) in [6.07, 6.45) is 3.53. The van der Waals surface area contributed by atoms with E-state index >= 15 is 0 Å². The van der Waals surface area contributed by atoms with Gasteiger partial charge in [-0.25, -0.2) is 0 Å². The highest BCUT2D eigenvalue weighted by Gasteiger charge is 2.43. The maximum absolute atomic E-state index is 13.1. The van der Waals surface area contributed by atoms with Crippen molar-refractivity contribution in [2.24, 2.45) is 5.41 Å². The SMILES string of the molecule is COc1cc(Cl)c(C)cc1NC(=O)C1(CC(=O)NC(C)(C)C)CCCC1. The first-order valence-electron chi connectivity index (χ1n) is 9.03. The summed E-state index contributed by atoms with van der Waals surface area (Å²) in [5.74, 6) is 0.300. The number of rotatable bonds is 5. The number of carbonyl (C=O) groups is 2. The van der Waals surface area contributed by atoms with Crippen LogP contribution in [0.5, 0.6) is 5.75 Å². The van der Waals surface area contributed by atoms with Gasteiger partial charge in [0.25, 0.3) is 0 Å². The van der Waals surface area contributed by atoms with Crippen LogP contribution in [0.3, 0.4) is 0 Å². The minimum atomic E-state index is -0.673. The Bertz CT molecular complexity index is 689. The Hall–Kier alpha value is -1.75. The van der Waals surface area contributed by atoms with Crippen LogP contribution < -0.4 is 15.4 Å². The van der Waals surface area contributed by atoms with E-state index in [0.29, 0.717) is 29.3 Å². The predicted molar refractivity (Wildman–Crippen MR) is 105 cm³/mol. The fourth-order valence-electron chi connectivity index (χ4n) is 3.49. The van der Waals surface area contributed by atoms with Crippen molar-refractivity contribution >= 4 is 29.1 Å². The van der Waals surface area contributed by atoms with Crippen LogP contribution in [0.4, 0.5) is 5.69 Å². The molecule has 1 aromatic carbocycles. The number of amides is 2. The van der Waals surface area contributed by atoms with Crippen LogP contribution in [0, 0.1) is 12.3 Å². The summed E-state index contributed by atoms with van der Waals surface area (Å²) in [5.41, 5.74) is 0.452. The van der Waals surface area contributed by atoms with Gasteiger partial charge in [-0.3, -0.25) is 9.59 Å². The Balaban J connectivity index is 2.22. The number of nitrogens with one attached hydrogen (secondary N) is 2. The maximum Gasteiger partial charge on any atom is 0.231 e. The molecule has 1 aromatic rings. The van der Waals surface area contributed by atoms with Crippen LogP contribution in [0.15, 0.2) is 12.1 Å². The number of methoxy groups -OCH3 is 1. The lowest BCUT2D eigenvalue weighted by atomic mass is 9.81. The van der Waals surface area contributed by atoms with Crippen molar-refractivity contribution in [2.75, 3.05) is 12.4 Å². The van der Waals surface area contributed by atoms with Crippen LogP contribution in [-0.2, 0) is 9.59 Å². The van der Waals surface area contributed by atoms with Gasteiger partial charge in [0.15, 0.2) is 0 Å². The van der Waals surface area contributed by atoms with E-state index in [0.717, 1.165) is 18.4 Å². The normalized spacial score (nSPS) is 16.2. The van der Waals surface area contributed by atoms with Gasteiger partial charge in [-0.15, -0.1) is 0 Å². The van der Waals surface area contributed by atoms with E-state index in [1.807, 2.05) is 27.7 Å². The van der Waals surface area contributed by atoms with E-state index in [4.69, 9.17) is 16.3 Å². The lowest BCUT2D eigenvalue weighted by Gasteiger charge is -2.29. The summed E-state index contributed by atoms with van der Waals surface area (Å²) in [4.78, 5) is 25.6. The van der Waals surface area contributed by atoms with Gasteiger partial charge < -0.3 is 15.4 Å². The highest BCUT2D eigenvalue weighted by Crippen LogP contribution is 2.43. The number of hydrogen-bond acceptors (Lipinski definition) is 3. The lowest BCUT2D eigenvalue weighted by Crippen LogP contribution is -2.45. The summed E-state index contributed by atoms with van der Waals surface area (Å²) < 4.78 is 5.35. The lowest BCUT2D eigenvalue weighted by molar-refractivity contribution is -0.133. The molecule has 26 heavy (non-hydrogen) atoms. The molecule has 1 fully saturated rings. The van der Waals surface area contributed by atoms with Gasteiger partial charge in [-0.05, 0) is 52.2 Å². The molecule has 1 aliphatic rings. The van der Waals surface area contributed by atoms with Crippen LogP contribution in [0.1, 0.15) is 58.4 Å². The molecule has 1 saturated carbocycles. The summed E-state index contributed by atoms with van der Waals surface area (Å²) in [6, 6.07) is 3.50. The van der Waals surface area contributed by atoms with Gasteiger partial charge >= 0.3 is 0 Å². The number of hydrogen-bond donors (Lipinski definition) is 2. The topological polar surface area (TPSA) is 67.4 Å². The molecule has 144 valence electrons. The zero-order valence-electron chi connectivity index (χ0n) is 16.3. The Morgan fingerprint density at radius 1 is 1.23 bits per heavy atom. The van der Waals surface area contributed by atoms with E-state index in [1.54, 1.807) is 19.2 Å². The summed E-state index contributed by atoms with van der Waals surface area (Å²) >= 11 is 6.14. The average Bonchev–Trinajstić information content (AvgIpc) is 2.98. The Morgan fingerprint density at radius 2 is 1.85 bits per heavy atom. The Labute approximate surface area is 160 Å². The molecule has 0 aromatic heterocycles.